The van der Waals surface area contributed by atoms with E-state index in [1.807, 2.05) is 13.8 Å². The van der Waals surface area contributed by atoms with Gasteiger partial charge in [-0.1, -0.05) is 37.6 Å². The Balaban J connectivity index is 3.08. The zero-order chi connectivity index (χ0) is 15.3. The van der Waals surface area contributed by atoms with Gasteiger partial charge >= 0.3 is 5.97 Å². The highest BCUT2D eigenvalue weighted by Crippen LogP contribution is 2.25. The summed E-state index contributed by atoms with van der Waals surface area (Å²) in [6, 6.07) is 6.51. The van der Waals surface area contributed by atoms with E-state index in [1.54, 1.807) is 12.1 Å². The predicted molar refractivity (Wildman–Crippen MR) is 78.0 cm³/mol. The molecule has 20 heavy (non-hydrogen) atoms. The first-order chi connectivity index (χ1) is 9.28. The van der Waals surface area contributed by atoms with Gasteiger partial charge in [0.1, 0.15) is 6.10 Å². The van der Waals surface area contributed by atoms with Crippen LogP contribution >= 0.6 is 0 Å². The number of hydrogen-bond donors (Lipinski definition) is 0. The molecule has 1 atom stereocenters. The third kappa shape index (κ3) is 3.93. The van der Waals surface area contributed by atoms with Crippen LogP contribution in [0.3, 0.4) is 0 Å². The molecule has 0 bridgehead atoms. The van der Waals surface area contributed by atoms with Gasteiger partial charge in [-0.05, 0) is 25.5 Å². The molecule has 1 aromatic carbocycles. The Hall–Kier alpha value is -1.62. The largest absolute Gasteiger partial charge is 0.457 e. The van der Waals surface area contributed by atoms with Crippen molar-refractivity contribution < 1.29 is 17.9 Å². The molecule has 0 amide bonds. The number of ether oxygens (including phenoxy) is 1. The number of carbonyl (C=O) groups is 1. The maximum atomic E-state index is 12.5. The van der Waals surface area contributed by atoms with Gasteiger partial charge in [-0.15, -0.1) is 0 Å². The van der Waals surface area contributed by atoms with Crippen molar-refractivity contribution in [1.82, 2.24) is 0 Å². The molecule has 0 aromatic heterocycles. The van der Waals surface area contributed by atoms with E-state index >= 15 is 0 Å². The third-order valence-corrected chi connectivity index (χ3v) is 4.74. The summed E-state index contributed by atoms with van der Waals surface area (Å²) in [6.45, 7) is 8.66. The summed E-state index contributed by atoms with van der Waals surface area (Å²) in [6.07, 6.45) is 0.327. The Labute approximate surface area is 120 Å². The Kier molecular flexibility index (Phi) is 5.51. The first-order valence-electron chi connectivity index (χ1n) is 6.46. The number of esters is 1. The molecule has 5 heteroatoms. The van der Waals surface area contributed by atoms with E-state index in [9.17, 15) is 13.2 Å². The van der Waals surface area contributed by atoms with Crippen molar-refractivity contribution in [2.24, 2.45) is 0 Å². The minimum Gasteiger partial charge on any atom is -0.457 e. The van der Waals surface area contributed by atoms with Crippen molar-refractivity contribution in [2.45, 2.75) is 44.6 Å². The molecule has 0 aliphatic rings. The zero-order valence-corrected chi connectivity index (χ0v) is 12.9. The first kappa shape index (κ1) is 16.4. The maximum absolute atomic E-state index is 12.5. The van der Waals surface area contributed by atoms with E-state index in [2.05, 4.69) is 6.58 Å². The van der Waals surface area contributed by atoms with Crippen LogP contribution in [-0.2, 0) is 19.4 Å². The molecule has 1 unspecified atom stereocenters. The van der Waals surface area contributed by atoms with Gasteiger partial charge in [0, 0.05) is 6.92 Å². The molecule has 0 saturated heterocycles. The molecule has 0 aliphatic carbocycles. The molecule has 0 N–H and O–H groups in total. The number of benzene rings is 1. The van der Waals surface area contributed by atoms with Crippen LogP contribution in [0, 0.1) is 6.92 Å². The number of aryl methyl sites for hydroxylation is 1. The van der Waals surface area contributed by atoms with Crippen molar-refractivity contribution in [3.05, 3.63) is 41.3 Å². The molecule has 0 aliphatic heterocycles. The molecule has 0 fully saturated rings. The lowest BCUT2D eigenvalue weighted by atomic mass is 10.2. The molecular weight excluding hydrogens is 276 g/mol. The first-order valence-corrected chi connectivity index (χ1v) is 7.95. The van der Waals surface area contributed by atoms with Gasteiger partial charge in [-0.25, -0.2) is 8.42 Å². The van der Waals surface area contributed by atoms with Gasteiger partial charge in [0.15, 0.2) is 0 Å². The number of hydrogen-bond acceptors (Lipinski definition) is 4. The van der Waals surface area contributed by atoms with Crippen molar-refractivity contribution in [2.75, 3.05) is 0 Å². The number of sulfone groups is 1. The fourth-order valence-corrected chi connectivity index (χ4v) is 3.10. The highest BCUT2D eigenvalue weighted by Gasteiger charge is 2.27. The molecule has 0 spiro atoms. The highest BCUT2D eigenvalue weighted by atomic mass is 32.2. The minimum absolute atomic E-state index is 0.0709. The summed E-state index contributed by atoms with van der Waals surface area (Å²) in [4.78, 5) is 11.2. The second-order valence-electron chi connectivity index (χ2n) is 4.67. The van der Waals surface area contributed by atoms with Crippen molar-refractivity contribution in [3.63, 3.8) is 0 Å². The van der Waals surface area contributed by atoms with Gasteiger partial charge in [0.25, 0.3) is 0 Å². The lowest BCUT2D eigenvalue weighted by molar-refractivity contribution is -0.144. The van der Waals surface area contributed by atoms with Gasteiger partial charge in [-0.2, -0.15) is 0 Å². The number of carbonyl (C=O) groups excluding carboxylic acids is 1. The van der Waals surface area contributed by atoms with Crippen LogP contribution in [0.15, 0.2) is 40.6 Å². The van der Waals surface area contributed by atoms with Gasteiger partial charge in [0.05, 0.1) is 9.80 Å². The third-order valence-electron chi connectivity index (χ3n) is 2.89. The standard InChI is InChI=1S/C15H20O4S/c1-5-6-15(19-13(4)16)12(3)20(17,18)14-9-7-11(2)8-10-14/h7-10,15H,3,5-6H2,1-2,4H3. The summed E-state index contributed by atoms with van der Waals surface area (Å²) in [5.74, 6) is -0.510. The van der Waals surface area contributed by atoms with E-state index < -0.39 is 21.9 Å². The van der Waals surface area contributed by atoms with Gasteiger partial charge in [-0.3, -0.25) is 4.79 Å². The Bertz CT molecular complexity index is 585. The fraction of sp³-hybridized carbons (Fsp3) is 0.400. The summed E-state index contributed by atoms with van der Waals surface area (Å²) in [5.41, 5.74) is 0.972. The summed E-state index contributed by atoms with van der Waals surface area (Å²) < 4.78 is 30.0. The van der Waals surface area contributed by atoms with Crippen LogP contribution in [0.1, 0.15) is 32.3 Å². The summed E-state index contributed by atoms with van der Waals surface area (Å²) in [5, 5.41) is 0. The minimum atomic E-state index is -3.69. The Morgan fingerprint density at radius 1 is 1.30 bits per heavy atom. The van der Waals surface area contributed by atoms with Crippen molar-refractivity contribution >= 4 is 15.8 Å². The normalized spacial score (nSPS) is 12.8. The SMILES string of the molecule is C=C(C(CCC)OC(C)=O)S(=O)(=O)c1ccc(C)cc1. The van der Waals surface area contributed by atoms with E-state index in [-0.39, 0.29) is 9.80 Å². The molecule has 0 radical (unpaired) electrons. The Morgan fingerprint density at radius 2 is 1.85 bits per heavy atom. The van der Waals surface area contributed by atoms with E-state index in [1.165, 1.54) is 19.1 Å². The average molecular weight is 296 g/mol. The van der Waals surface area contributed by atoms with Crippen LogP contribution in [0.25, 0.3) is 0 Å². The van der Waals surface area contributed by atoms with Crippen LogP contribution in [0.4, 0.5) is 0 Å². The van der Waals surface area contributed by atoms with Crippen LogP contribution in [0.5, 0.6) is 0 Å². The quantitative estimate of drug-likeness (QED) is 0.757. The molecular formula is C15H20O4S. The van der Waals surface area contributed by atoms with Crippen LogP contribution in [-0.4, -0.2) is 20.5 Å². The number of rotatable bonds is 6. The second-order valence-corrected chi connectivity index (χ2v) is 6.67. The van der Waals surface area contributed by atoms with Crippen molar-refractivity contribution in [1.29, 1.82) is 0 Å². The van der Waals surface area contributed by atoms with E-state index in [4.69, 9.17) is 4.74 Å². The van der Waals surface area contributed by atoms with E-state index in [0.29, 0.717) is 12.8 Å². The Morgan fingerprint density at radius 3 is 2.30 bits per heavy atom. The second kappa shape index (κ2) is 6.70. The van der Waals surface area contributed by atoms with Gasteiger partial charge < -0.3 is 4.74 Å². The molecule has 0 heterocycles. The van der Waals surface area contributed by atoms with Crippen LogP contribution in [0.2, 0.25) is 0 Å². The monoisotopic (exact) mass is 296 g/mol. The molecule has 1 rings (SSSR count). The molecule has 0 saturated carbocycles. The topological polar surface area (TPSA) is 60.4 Å². The predicted octanol–water partition coefficient (Wildman–Crippen LogP) is 3.01. The molecule has 4 nitrogen and oxygen atoms in total. The fourth-order valence-electron chi connectivity index (χ4n) is 1.79. The highest BCUT2D eigenvalue weighted by molar-refractivity contribution is 7.95. The zero-order valence-electron chi connectivity index (χ0n) is 12.0. The average Bonchev–Trinajstić information content (AvgIpc) is 2.37. The molecule has 1 aromatic rings. The van der Waals surface area contributed by atoms with Gasteiger partial charge in [0.2, 0.25) is 9.84 Å². The maximum Gasteiger partial charge on any atom is 0.303 e. The summed E-state index contributed by atoms with van der Waals surface area (Å²) in [7, 11) is -3.69. The lowest BCUT2D eigenvalue weighted by Gasteiger charge is -2.19. The van der Waals surface area contributed by atoms with Crippen LogP contribution < -0.4 is 0 Å². The van der Waals surface area contributed by atoms with E-state index in [0.717, 1.165) is 5.56 Å². The lowest BCUT2D eigenvalue weighted by Crippen LogP contribution is -2.23. The smallest absolute Gasteiger partial charge is 0.303 e. The summed E-state index contributed by atoms with van der Waals surface area (Å²) >= 11 is 0. The molecule has 110 valence electrons. The van der Waals surface area contributed by atoms with Crippen molar-refractivity contribution in [3.8, 4) is 0 Å².